The number of benzene rings is 2. The van der Waals surface area contributed by atoms with Gasteiger partial charge in [-0.15, -0.1) is 0 Å². The first kappa shape index (κ1) is 16.5. The molecule has 5 heteroatoms. The fourth-order valence-electron chi connectivity index (χ4n) is 2.52. The third-order valence-electron chi connectivity index (χ3n) is 3.86. The molecule has 0 aromatic heterocycles. The molecule has 1 aliphatic heterocycles. The predicted molar refractivity (Wildman–Crippen MR) is 94.7 cm³/mol. The van der Waals surface area contributed by atoms with E-state index in [-0.39, 0.29) is 11.6 Å². The molecule has 2 N–H and O–H groups in total. The Morgan fingerprint density at radius 2 is 1.84 bits per heavy atom. The Labute approximate surface area is 145 Å². The van der Waals surface area contributed by atoms with Crippen molar-refractivity contribution in [1.82, 2.24) is 0 Å². The minimum atomic E-state index is -1.33. The minimum Gasteiger partial charge on any atom is -0.477 e. The second-order valence-corrected chi connectivity index (χ2v) is 5.80. The molecule has 0 unspecified atom stereocenters. The Bertz CT molecular complexity index is 911. The molecule has 0 spiro atoms. The topological polar surface area (TPSA) is 75.6 Å². The summed E-state index contributed by atoms with van der Waals surface area (Å²) >= 11 is 0. The Hall–Kier alpha value is -3.34. The molecule has 0 fully saturated rings. The summed E-state index contributed by atoms with van der Waals surface area (Å²) in [4.78, 5) is 24.0. The van der Waals surface area contributed by atoms with Crippen LogP contribution in [0.25, 0.3) is 6.08 Å². The maximum Gasteiger partial charge on any atom is 0.345 e. The molecule has 0 radical (unpaired) electrons. The number of aryl methyl sites for hydroxylation is 2. The fraction of sp³-hybridized carbons (Fsp3) is 0.100. The first-order valence-electron chi connectivity index (χ1n) is 7.77. The quantitative estimate of drug-likeness (QED) is 0.659. The molecule has 1 aliphatic rings. The van der Waals surface area contributed by atoms with Crippen LogP contribution in [0.15, 0.2) is 65.7 Å². The zero-order chi connectivity index (χ0) is 18.0. The highest BCUT2D eigenvalue weighted by Gasteiger charge is 2.35. The highest BCUT2D eigenvalue weighted by atomic mass is 16.5. The number of nitrogens with one attached hydrogen (secondary N) is 1. The van der Waals surface area contributed by atoms with Gasteiger partial charge in [0, 0.05) is 5.69 Å². The van der Waals surface area contributed by atoms with E-state index in [1.807, 2.05) is 38.1 Å². The van der Waals surface area contributed by atoms with Crippen molar-refractivity contribution < 1.29 is 19.4 Å². The van der Waals surface area contributed by atoms with Crippen molar-refractivity contribution in [3.8, 4) is 0 Å². The molecule has 2 aromatic rings. The van der Waals surface area contributed by atoms with Gasteiger partial charge in [0.2, 0.25) is 11.7 Å². The van der Waals surface area contributed by atoms with Gasteiger partial charge in [0.05, 0.1) is 0 Å². The number of anilines is 1. The molecule has 0 atom stereocenters. The lowest BCUT2D eigenvalue weighted by Gasteiger charge is -2.08. The van der Waals surface area contributed by atoms with Crippen LogP contribution in [0.5, 0.6) is 0 Å². The van der Waals surface area contributed by atoms with E-state index >= 15 is 0 Å². The van der Waals surface area contributed by atoms with Gasteiger partial charge in [-0.05, 0) is 43.2 Å². The average molecular weight is 335 g/mol. The molecule has 1 heterocycles. The molecule has 0 aliphatic carbocycles. The van der Waals surface area contributed by atoms with Crippen molar-refractivity contribution >= 4 is 23.5 Å². The summed E-state index contributed by atoms with van der Waals surface area (Å²) < 4.78 is 5.55. The lowest BCUT2D eigenvalue weighted by molar-refractivity contribution is -0.134. The van der Waals surface area contributed by atoms with E-state index in [1.165, 1.54) is 0 Å². The summed E-state index contributed by atoms with van der Waals surface area (Å²) in [6.07, 6.45) is 1.58. The lowest BCUT2D eigenvalue weighted by Crippen LogP contribution is -2.12. The number of allylic oxidation sites excluding steroid dienone is 1. The Kier molecular flexibility index (Phi) is 4.39. The van der Waals surface area contributed by atoms with Crippen molar-refractivity contribution in [2.24, 2.45) is 0 Å². The molecule has 126 valence electrons. The number of carbonyl (C=O) groups is 2. The molecular formula is C20H17NO4. The number of Topliss-reactive ketones (excluding diaryl/α,β-unsaturated/α-hetero) is 1. The molecule has 25 heavy (non-hydrogen) atoms. The third-order valence-corrected chi connectivity index (χ3v) is 3.86. The summed E-state index contributed by atoms with van der Waals surface area (Å²) in [5.41, 5.74) is 3.05. The summed E-state index contributed by atoms with van der Waals surface area (Å²) in [6, 6.07) is 14.8. The maximum absolute atomic E-state index is 12.5. The normalized spacial score (nSPS) is 15.4. The summed E-state index contributed by atoms with van der Waals surface area (Å²) in [5, 5.41) is 12.2. The van der Waals surface area contributed by atoms with E-state index in [9.17, 15) is 14.7 Å². The molecular weight excluding hydrogens is 318 g/mol. The third kappa shape index (κ3) is 3.45. The molecule has 5 nitrogen and oxygen atoms in total. The first-order chi connectivity index (χ1) is 12.0. The van der Waals surface area contributed by atoms with E-state index in [1.54, 1.807) is 30.3 Å². The highest BCUT2D eigenvalue weighted by molar-refractivity contribution is 6.26. The van der Waals surface area contributed by atoms with E-state index in [4.69, 9.17) is 4.74 Å². The number of aliphatic carboxylic acids is 1. The standard InChI is InChI=1S/C20H17NO4/c1-12-8-9-13(2)14(10-12)11-16-18(22)17(20(23)24)19(25-16)21-15-6-4-3-5-7-15/h3-11,21H,1-2H3,(H,23,24)/b16-11-. The van der Waals surface area contributed by atoms with Gasteiger partial charge in [-0.1, -0.05) is 42.0 Å². The van der Waals surface area contributed by atoms with Crippen molar-refractivity contribution in [1.29, 1.82) is 0 Å². The average Bonchev–Trinajstić information content (AvgIpc) is 2.87. The van der Waals surface area contributed by atoms with Crippen LogP contribution in [-0.4, -0.2) is 16.9 Å². The smallest absolute Gasteiger partial charge is 0.345 e. The van der Waals surface area contributed by atoms with Crippen molar-refractivity contribution in [2.75, 3.05) is 5.32 Å². The highest BCUT2D eigenvalue weighted by Crippen LogP contribution is 2.28. The minimum absolute atomic E-state index is 0.00969. The van der Waals surface area contributed by atoms with Gasteiger partial charge in [-0.2, -0.15) is 0 Å². The second-order valence-electron chi connectivity index (χ2n) is 5.80. The number of hydrogen-bond acceptors (Lipinski definition) is 4. The zero-order valence-electron chi connectivity index (χ0n) is 13.9. The van der Waals surface area contributed by atoms with Crippen LogP contribution in [0, 0.1) is 13.8 Å². The molecule has 0 bridgehead atoms. The zero-order valence-corrected chi connectivity index (χ0v) is 13.9. The summed E-state index contributed by atoms with van der Waals surface area (Å²) in [5.74, 6) is -2.05. The monoisotopic (exact) mass is 335 g/mol. The fourth-order valence-corrected chi connectivity index (χ4v) is 2.52. The Morgan fingerprint density at radius 1 is 1.12 bits per heavy atom. The van der Waals surface area contributed by atoms with Crippen LogP contribution < -0.4 is 5.32 Å². The van der Waals surface area contributed by atoms with Crippen molar-refractivity contribution in [3.63, 3.8) is 0 Å². The second kappa shape index (κ2) is 6.65. The number of carboxylic acid groups (broad SMARTS) is 1. The Balaban J connectivity index is 1.96. The van der Waals surface area contributed by atoms with Crippen molar-refractivity contribution in [2.45, 2.75) is 13.8 Å². The van der Waals surface area contributed by atoms with Gasteiger partial charge in [0.1, 0.15) is 0 Å². The number of ether oxygens (including phenoxy) is 1. The predicted octanol–water partition coefficient (Wildman–Crippen LogP) is 3.65. The van der Waals surface area contributed by atoms with Crippen LogP contribution in [0.4, 0.5) is 5.69 Å². The Morgan fingerprint density at radius 3 is 2.52 bits per heavy atom. The van der Waals surface area contributed by atoms with Crippen molar-refractivity contribution in [3.05, 3.63) is 82.4 Å². The van der Waals surface area contributed by atoms with Gasteiger partial charge < -0.3 is 15.2 Å². The number of ketones is 1. The number of carbonyl (C=O) groups excluding carboxylic acids is 1. The van der Waals surface area contributed by atoms with E-state index < -0.39 is 17.3 Å². The number of rotatable bonds is 4. The number of hydrogen-bond donors (Lipinski definition) is 2. The molecule has 0 saturated heterocycles. The molecule has 2 aromatic carbocycles. The van der Waals surface area contributed by atoms with Crippen LogP contribution >= 0.6 is 0 Å². The van der Waals surface area contributed by atoms with E-state index in [0.717, 1.165) is 16.7 Å². The molecule has 3 rings (SSSR count). The first-order valence-corrected chi connectivity index (χ1v) is 7.77. The number of para-hydroxylation sites is 1. The van der Waals surface area contributed by atoms with Gasteiger partial charge in [-0.3, -0.25) is 4.79 Å². The van der Waals surface area contributed by atoms with Crippen LogP contribution in [0.3, 0.4) is 0 Å². The van der Waals surface area contributed by atoms with Gasteiger partial charge in [0.25, 0.3) is 0 Å². The van der Waals surface area contributed by atoms with E-state index in [0.29, 0.717) is 5.69 Å². The van der Waals surface area contributed by atoms with Crippen LogP contribution in [-0.2, 0) is 14.3 Å². The largest absolute Gasteiger partial charge is 0.477 e. The molecule has 0 saturated carbocycles. The van der Waals surface area contributed by atoms with E-state index in [2.05, 4.69) is 5.32 Å². The lowest BCUT2D eigenvalue weighted by atomic mass is 10.0. The summed E-state index contributed by atoms with van der Waals surface area (Å²) in [7, 11) is 0. The van der Waals surface area contributed by atoms with Crippen LogP contribution in [0.1, 0.15) is 16.7 Å². The van der Waals surface area contributed by atoms with Gasteiger partial charge >= 0.3 is 5.97 Å². The molecule has 0 amide bonds. The van der Waals surface area contributed by atoms with Crippen LogP contribution in [0.2, 0.25) is 0 Å². The number of carboxylic acids is 1. The van der Waals surface area contributed by atoms with Gasteiger partial charge in [0.15, 0.2) is 11.3 Å². The summed E-state index contributed by atoms with van der Waals surface area (Å²) in [6.45, 7) is 3.86. The van der Waals surface area contributed by atoms with Gasteiger partial charge in [-0.25, -0.2) is 4.79 Å². The maximum atomic E-state index is 12.5. The SMILES string of the molecule is Cc1ccc(C)c(/C=C2\OC(Nc3ccccc3)=C(C(=O)O)C2=O)c1.